The van der Waals surface area contributed by atoms with E-state index < -0.39 is 0 Å². The summed E-state index contributed by atoms with van der Waals surface area (Å²) in [6.07, 6.45) is 2.32. The Bertz CT molecular complexity index is 502. The summed E-state index contributed by atoms with van der Waals surface area (Å²) >= 11 is 1.86. The van der Waals surface area contributed by atoms with Crippen molar-refractivity contribution in [2.45, 2.75) is 39.7 Å². The van der Waals surface area contributed by atoms with Crippen molar-refractivity contribution in [3.05, 3.63) is 57.3 Å². The van der Waals surface area contributed by atoms with Gasteiger partial charge in [0.25, 0.3) is 0 Å². The van der Waals surface area contributed by atoms with E-state index in [1.54, 1.807) is 0 Å². The van der Waals surface area contributed by atoms with Crippen molar-refractivity contribution < 1.29 is 0 Å². The van der Waals surface area contributed by atoms with E-state index in [-0.39, 0.29) is 0 Å². The predicted octanol–water partition coefficient (Wildman–Crippen LogP) is 4.65. The molecule has 0 saturated heterocycles. The van der Waals surface area contributed by atoms with E-state index in [9.17, 15) is 0 Å². The molecule has 2 heteroatoms. The van der Waals surface area contributed by atoms with Crippen LogP contribution >= 0.6 is 11.3 Å². The molecular formula is C17H23NS. The average Bonchev–Trinajstić information content (AvgIpc) is 2.91. The fraction of sp³-hybridized carbons (Fsp3) is 0.412. The summed E-state index contributed by atoms with van der Waals surface area (Å²) in [6, 6.07) is 11.7. The summed E-state index contributed by atoms with van der Waals surface area (Å²) in [4.78, 5) is 1.48. The summed E-state index contributed by atoms with van der Waals surface area (Å²) < 4.78 is 0. The second-order valence-corrected chi connectivity index (χ2v) is 6.10. The van der Waals surface area contributed by atoms with Crippen LogP contribution in [0.1, 0.15) is 41.0 Å². The number of nitrogens with one attached hydrogen (secondary N) is 1. The maximum Gasteiger partial charge on any atom is 0.0323 e. The van der Waals surface area contributed by atoms with Crippen molar-refractivity contribution in [3.63, 3.8) is 0 Å². The molecule has 0 spiro atoms. The Hall–Kier alpha value is -1.12. The number of rotatable bonds is 6. The number of benzene rings is 1. The molecule has 0 radical (unpaired) electrons. The molecule has 102 valence electrons. The lowest BCUT2D eigenvalue weighted by Gasteiger charge is -2.19. The van der Waals surface area contributed by atoms with Gasteiger partial charge in [-0.3, -0.25) is 0 Å². The monoisotopic (exact) mass is 273 g/mol. The number of hydrogen-bond acceptors (Lipinski definition) is 2. The van der Waals surface area contributed by atoms with Gasteiger partial charge in [0.15, 0.2) is 0 Å². The summed E-state index contributed by atoms with van der Waals surface area (Å²) in [5, 5.41) is 5.77. The SMILES string of the molecule is CCNC(CCc1cccs1)c1ccc(C)c(C)c1. The highest BCUT2D eigenvalue weighted by molar-refractivity contribution is 7.09. The van der Waals surface area contributed by atoms with E-state index in [0.717, 1.165) is 19.4 Å². The fourth-order valence-corrected chi connectivity index (χ4v) is 3.08. The largest absolute Gasteiger partial charge is 0.310 e. The van der Waals surface area contributed by atoms with E-state index in [4.69, 9.17) is 0 Å². The molecule has 0 aliphatic rings. The van der Waals surface area contributed by atoms with Crippen LogP contribution in [0, 0.1) is 13.8 Å². The molecule has 1 aromatic carbocycles. The highest BCUT2D eigenvalue weighted by Crippen LogP contribution is 2.23. The average molecular weight is 273 g/mol. The minimum atomic E-state index is 0.464. The van der Waals surface area contributed by atoms with E-state index in [0.29, 0.717) is 6.04 Å². The van der Waals surface area contributed by atoms with Crippen LogP contribution in [0.25, 0.3) is 0 Å². The summed E-state index contributed by atoms with van der Waals surface area (Å²) in [5.74, 6) is 0. The van der Waals surface area contributed by atoms with E-state index in [1.807, 2.05) is 11.3 Å². The molecule has 0 bridgehead atoms. The topological polar surface area (TPSA) is 12.0 Å². The molecule has 0 amide bonds. The summed E-state index contributed by atoms with van der Waals surface area (Å²) in [6.45, 7) is 7.56. The second kappa shape index (κ2) is 6.88. The minimum Gasteiger partial charge on any atom is -0.310 e. The highest BCUT2D eigenvalue weighted by Gasteiger charge is 2.11. The Kier molecular flexibility index (Phi) is 5.17. The third-order valence-corrected chi connectivity index (χ3v) is 4.58. The Balaban J connectivity index is 2.07. The van der Waals surface area contributed by atoms with Gasteiger partial charge in [0.2, 0.25) is 0 Å². The van der Waals surface area contributed by atoms with Crippen LogP contribution in [0.15, 0.2) is 35.7 Å². The molecule has 1 unspecified atom stereocenters. The number of aryl methyl sites for hydroxylation is 3. The van der Waals surface area contributed by atoms with Gasteiger partial charge in [-0.05, 0) is 61.4 Å². The molecule has 1 atom stereocenters. The highest BCUT2D eigenvalue weighted by atomic mass is 32.1. The quantitative estimate of drug-likeness (QED) is 0.808. The lowest BCUT2D eigenvalue weighted by Crippen LogP contribution is -2.21. The van der Waals surface area contributed by atoms with Crippen LogP contribution in [0.3, 0.4) is 0 Å². The van der Waals surface area contributed by atoms with Crippen molar-refractivity contribution in [3.8, 4) is 0 Å². The zero-order valence-electron chi connectivity index (χ0n) is 12.1. The van der Waals surface area contributed by atoms with Crippen molar-refractivity contribution in [1.82, 2.24) is 5.32 Å². The fourth-order valence-electron chi connectivity index (χ4n) is 2.36. The number of hydrogen-bond donors (Lipinski definition) is 1. The van der Waals surface area contributed by atoms with Crippen LogP contribution in [0.2, 0.25) is 0 Å². The third kappa shape index (κ3) is 3.92. The van der Waals surface area contributed by atoms with Crippen LogP contribution in [0.5, 0.6) is 0 Å². The molecule has 0 fully saturated rings. The Labute approximate surface area is 120 Å². The number of thiophene rings is 1. The van der Waals surface area contributed by atoms with Crippen molar-refractivity contribution in [2.24, 2.45) is 0 Å². The normalized spacial score (nSPS) is 12.6. The molecule has 1 nitrogen and oxygen atoms in total. The van der Waals surface area contributed by atoms with E-state index >= 15 is 0 Å². The molecule has 0 aliphatic heterocycles. The first-order valence-electron chi connectivity index (χ1n) is 7.03. The predicted molar refractivity (Wildman–Crippen MR) is 85.0 cm³/mol. The van der Waals surface area contributed by atoms with E-state index in [2.05, 4.69) is 61.8 Å². The van der Waals surface area contributed by atoms with E-state index in [1.165, 1.54) is 21.6 Å². The van der Waals surface area contributed by atoms with Gasteiger partial charge in [-0.1, -0.05) is 31.2 Å². The van der Waals surface area contributed by atoms with Crippen LogP contribution in [-0.2, 0) is 6.42 Å². The molecule has 0 saturated carbocycles. The maximum atomic E-state index is 3.61. The third-order valence-electron chi connectivity index (χ3n) is 3.64. The standard InChI is InChI=1S/C17H23NS/c1-4-18-17(10-9-16-6-5-11-19-16)15-8-7-13(2)14(3)12-15/h5-8,11-12,17-18H,4,9-10H2,1-3H3. The molecule has 2 rings (SSSR count). The van der Waals surface area contributed by atoms with Crippen LogP contribution in [-0.4, -0.2) is 6.54 Å². The van der Waals surface area contributed by atoms with Gasteiger partial charge in [0.05, 0.1) is 0 Å². The van der Waals surface area contributed by atoms with Gasteiger partial charge >= 0.3 is 0 Å². The molecule has 19 heavy (non-hydrogen) atoms. The lowest BCUT2D eigenvalue weighted by molar-refractivity contribution is 0.517. The zero-order valence-corrected chi connectivity index (χ0v) is 12.9. The second-order valence-electron chi connectivity index (χ2n) is 5.07. The molecule has 2 aromatic rings. The van der Waals surface area contributed by atoms with Gasteiger partial charge in [-0.25, -0.2) is 0 Å². The molecular weight excluding hydrogens is 250 g/mol. The first kappa shape index (κ1) is 14.3. The van der Waals surface area contributed by atoms with Gasteiger partial charge in [0, 0.05) is 10.9 Å². The Morgan fingerprint density at radius 2 is 2.00 bits per heavy atom. The molecule has 1 aromatic heterocycles. The first-order valence-corrected chi connectivity index (χ1v) is 7.91. The van der Waals surface area contributed by atoms with Crippen molar-refractivity contribution >= 4 is 11.3 Å². The summed E-state index contributed by atoms with van der Waals surface area (Å²) in [7, 11) is 0. The van der Waals surface area contributed by atoms with Crippen molar-refractivity contribution in [2.75, 3.05) is 6.54 Å². The molecule has 1 heterocycles. The minimum absolute atomic E-state index is 0.464. The van der Waals surface area contributed by atoms with Crippen LogP contribution < -0.4 is 5.32 Å². The van der Waals surface area contributed by atoms with Crippen molar-refractivity contribution in [1.29, 1.82) is 0 Å². The van der Waals surface area contributed by atoms with Crippen LogP contribution in [0.4, 0.5) is 0 Å². The van der Waals surface area contributed by atoms with Gasteiger partial charge < -0.3 is 5.32 Å². The smallest absolute Gasteiger partial charge is 0.0323 e. The van der Waals surface area contributed by atoms with Gasteiger partial charge in [-0.15, -0.1) is 11.3 Å². The maximum absolute atomic E-state index is 3.61. The van der Waals surface area contributed by atoms with Gasteiger partial charge in [-0.2, -0.15) is 0 Å². The molecule has 0 aliphatic carbocycles. The first-order chi connectivity index (χ1) is 9.20. The Morgan fingerprint density at radius 1 is 1.16 bits per heavy atom. The summed E-state index contributed by atoms with van der Waals surface area (Å²) in [5.41, 5.74) is 4.18. The van der Waals surface area contributed by atoms with Gasteiger partial charge in [0.1, 0.15) is 0 Å². The zero-order chi connectivity index (χ0) is 13.7. The lowest BCUT2D eigenvalue weighted by atomic mass is 9.97. The Morgan fingerprint density at radius 3 is 2.63 bits per heavy atom. The molecule has 1 N–H and O–H groups in total.